The molecule has 1 aliphatic carbocycles. The van der Waals surface area contributed by atoms with Gasteiger partial charge in [-0.1, -0.05) is 6.07 Å². The van der Waals surface area contributed by atoms with Gasteiger partial charge in [-0.05, 0) is 24.8 Å². The zero-order chi connectivity index (χ0) is 9.42. The molecule has 0 bridgehead atoms. The van der Waals surface area contributed by atoms with Crippen LogP contribution in [0.15, 0.2) is 18.2 Å². The molecule has 1 saturated carbocycles. The third-order valence-corrected chi connectivity index (χ3v) is 2.45. The van der Waals surface area contributed by atoms with Gasteiger partial charge in [0.15, 0.2) is 0 Å². The Hall–Kier alpha value is -0.960. The van der Waals surface area contributed by atoms with Crippen LogP contribution in [0, 0.1) is 17.6 Å². The van der Waals surface area contributed by atoms with Crippen molar-refractivity contribution in [1.29, 1.82) is 0 Å². The number of benzene rings is 1. The highest BCUT2D eigenvalue weighted by Gasteiger charge is 2.30. The Morgan fingerprint density at radius 3 is 2.54 bits per heavy atom. The molecule has 0 amide bonds. The maximum atomic E-state index is 13.2. The maximum absolute atomic E-state index is 13.2. The van der Waals surface area contributed by atoms with Gasteiger partial charge in [0.25, 0.3) is 0 Å². The molecule has 1 aromatic carbocycles. The zero-order valence-electron chi connectivity index (χ0n) is 7.13. The van der Waals surface area contributed by atoms with Crippen molar-refractivity contribution in [3.8, 4) is 0 Å². The van der Waals surface area contributed by atoms with E-state index in [1.807, 2.05) is 0 Å². The summed E-state index contributed by atoms with van der Waals surface area (Å²) in [7, 11) is 0. The molecule has 0 aromatic heterocycles. The largest absolute Gasteiger partial charge is 0.324 e. The van der Waals surface area contributed by atoms with Crippen LogP contribution >= 0.6 is 0 Å². The Morgan fingerprint density at radius 2 is 2.00 bits per heavy atom. The summed E-state index contributed by atoms with van der Waals surface area (Å²) in [5.74, 6) is -0.691. The van der Waals surface area contributed by atoms with Crippen LogP contribution in [0.1, 0.15) is 24.4 Å². The molecule has 0 aliphatic heterocycles. The summed E-state index contributed by atoms with van der Waals surface area (Å²) in [6.45, 7) is 0. The van der Waals surface area contributed by atoms with Gasteiger partial charge >= 0.3 is 0 Å². The highest BCUT2D eigenvalue weighted by atomic mass is 19.1. The molecule has 13 heavy (non-hydrogen) atoms. The molecule has 3 heteroatoms. The monoisotopic (exact) mass is 183 g/mol. The predicted molar refractivity (Wildman–Crippen MR) is 46.0 cm³/mol. The molecular formula is C10H11F2N. The second-order valence-electron chi connectivity index (χ2n) is 3.53. The minimum atomic E-state index is -0.552. The minimum absolute atomic E-state index is 0.263. The van der Waals surface area contributed by atoms with E-state index in [0.717, 1.165) is 18.9 Å². The first kappa shape index (κ1) is 8.63. The summed E-state index contributed by atoms with van der Waals surface area (Å²) in [6.07, 6.45) is 2.11. The topological polar surface area (TPSA) is 26.0 Å². The van der Waals surface area contributed by atoms with Crippen molar-refractivity contribution < 1.29 is 8.78 Å². The van der Waals surface area contributed by atoms with E-state index in [2.05, 4.69) is 0 Å². The molecule has 0 heterocycles. The van der Waals surface area contributed by atoms with Crippen LogP contribution in [0.4, 0.5) is 8.78 Å². The minimum Gasteiger partial charge on any atom is -0.324 e. The second kappa shape index (κ2) is 3.07. The Morgan fingerprint density at radius 1 is 1.31 bits per heavy atom. The van der Waals surface area contributed by atoms with Gasteiger partial charge in [0.2, 0.25) is 0 Å². The normalized spacial score (nSPS) is 18.7. The quantitative estimate of drug-likeness (QED) is 0.748. The Labute approximate surface area is 75.6 Å². The van der Waals surface area contributed by atoms with E-state index in [-0.39, 0.29) is 6.04 Å². The lowest BCUT2D eigenvalue weighted by Crippen LogP contribution is -2.14. The SMILES string of the molecule is N[C@@H](c1ccc(F)cc1F)C1CC1. The smallest absolute Gasteiger partial charge is 0.130 e. The van der Waals surface area contributed by atoms with Crippen LogP contribution in [-0.4, -0.2) is 0 Å². The fourth-order valence-corrected chi connectivity index (χ4v) is 1.48. The lowest BCUT2D eigenvalue weighted by atomic mass is 10.0. The summed E-state index contributed by atoms with van der Waals surface area (Å²) < 4.78 is 25.7. The molecule has 1 aliphatic rings. The fourth-order valence-electron chi connectivity index (χ4n) is 1.48. The molecule has 2 rings (SSSR count). The van der Waals surface area contributed by atoms with Crippen LogP contribution in [0.25, 0.3) is 0 Å². The van der Waals surface area contributed by atoms with E-state index in [1.54, 1.807) is 0 Å². The summed E-state index contributed by atoms with van der Waals surface area (Å²) in [5, 5.41) is 0. The first-order valence-electron chi connectivity index (χ1n) is 4.39. The summed E-state index contributed by atoms with van der Waals surface area (Å²) in [5.41, 5.74) is 6.22. The molecule has 0 saturated heterocycles. The van der Waals surface area contributed by atoms with E-state index >= 15 is 0 Å². The van der Waals surface area contributed by atoms with Crippen LogP contribution < -0.4 is 5.73 Å². The molecule has 1 nitrogen and oxygen atoms in total. The van der Waals surface area contributed by atoms with Gasteiger partial charge in [0.05, 0.1) is 0 Å². The summed E-state index contributed by atoms with van der Waals surface area (Å²) >= 11 is 0. The fraction of sp³-hybridized carbons (Fsp3) is 0.400. The van der Waals surface area contributed by atoms with Crippen molar-refractivity contribution >= 4 is 0 Å². The molecule has 70 valence electrons. The molecule has 2 N–H and O–H groups in total. The average Bonchev–Trinajstić information content (AvgIpc) is 2.85. The first-order valence-corrected chi connectivity index (χ1v) is 4.39. The summed E-state index contributed by atoms with van der Waals surface area (Å²) in [6, 6.07) is 3.31. The molecule has 0 radical (unpaired) electrons. The Bertz CT molecular complexity index is 321. The van der Waals surface area contributed by atoms with Crippen molar-refractivity contribution in [2.24, 2.45) is 11.7 Å². The molecule has 0 unspecified atom stereocenters. The van der Waals surface area contributed by atoms with E-state index in [0.29, 0.717) is 11.5 Å². The van der Waals surface area contributed by atoms with E-state index in [4.69, 9.17) is 5.73 Å². The van der Waals surface area contributed by atoms with Crippen molar-refractivity contribution in [2.75, 3.05) is 0 Å². The van der Waals surface area contributed by atoms with E-state index in [9.17, 15) is 8.78 Å². The van der Waals surface area contributed by atoms with Crippen LogP contribution in [0.5, 0.6) is 0 Å². The lowest BCUT2D eigenvalue weighted by Gasteiger charge is -2.11. The number of halogens is 2. The van der Waals surface area contributed by atoms with Crippen LogP contribution in [0.2, 0.25) is 0 Å². The average molecular weight is 183 g/mol. The maximum Gasteiger partial charge on any atom is 0.130 e. The number of hydrogen-bond donors (Lipinski definition) is 1. The van der Waals surface area contributed by atoms with Crippen LogP contribution in [-0.2, 0) is 0 Å². The molecular weight excluding hydrogens is 172 g/mol. The molecule has 1 aromatic rings. The van der Waals surface area contributed by atoms with Crippen LogP contribution in [0.3, 0.4) is 0 Å². The number of rotatable bonds is 2. The standard InChI is InChI=1S/C10H11F2N/c11-7-3-4-8(9(12)5-7)10(13)6-1-2-6/h3-6,10H,1-2,13H2/t10-/m1/s1. The Balaban J connectivity index is 2.28. The van der Waals surface area contributed by atoms with Crippen molar-refractivity contribution in [2.45, 2.75) is 18.9 Å². The first-order chi connectivity index (χ1) is 6.18. The lowest BCUT2D eigenvalue weighted by molar-refractivity contribution is 0.536. The highest BCUT2D eigenvalue weighted by molar-refractivity contribution is 5.23. The van der Waals surface area contributed by atoms with Crippen molar-refractivity contribution in [3.63, 3.8) is 0 Å². The van der Waals surface area contributed by atoms with Gasteiger partial charge in [0.1, 0.15) is 11.6 Å². The van der Waals surface area contributed by atoms with E-state index in [1.165, 1.54) is 12.1 Å². The molecule has 0 spiro atoms. The number of hydrogen-bond acceptors (Lipinski definition) is 1. The Kier molecular flexibility index (Phi) is 2.04. The second-order valence-corrected chi connectivity index (χ2v) is 3.53. The third kappa shape index (κ3) is 1.70. The van der Waals surface area contributed by atoms with Gasteiger partial charge < -0.3 is 5.73 Å². The van der Waals surface area contributed by atoms with Crippen molar-refractivity contribution in [1.82, 2.24) is 0 Å². The summed E-state index contributed by atoms with van der Waals surface area (Å²) in [4.78, 5) is 0. The molecule has 1 fully saturated rings. The third-order valence-electron chi connectivity index (χ3n) is 2.45. The predicted octanol–water partition coefficient (Wildman–Crippen LogP) is 2.37. The van der Waals surface area contributed by atoms with Gasteiger partial charge in [-0.25, -0.2) is 8.78 Å². The molecule has 1 atom stereocenters. The highest BCUT2D eigenvalue weighted by Crippen LogP contribution is 2.40. The van der Waals surface area contributed by atoms with Gasteiger partial charge in [-0.3, -0.25) is 0 Å². The van der Waals surface area contributed by atoms with Crippen molar-refractivity contribution in [3.05, 3.63) is 35.4 Å². The van der Waals surface area contributed by atoms with E-state index < -0.39 is 11.6 Å². The van der Waals surface area contributed by atoms with Gasteiger partial charge in [-0.2, -0.15) is 0 Å². The number of nitrogens with two attached hydrogens (primary N) is 1. The van der Waals surface area contributed by atoms with Gasteiger partial charge in [0, 0.05) is 17.7 Å². The zero-order valence-corrected chi connectivity index (χ0v) is 7.13. The van der Waals surface area contributed by atoms with Gasteiger partial charge in [-0.15, -0.1) is 0 Å².